The zero-order valence-electron chi connectivity index (χ0n) is 33.5. The molecule has 11 nitrogen and oxygen atoms in total. The lowest BCUT2D eigenvalue weighted by atomic mass is 9.76. The van der Waals surface area contributed by atoms with Crippen molar-refractivity contribution in [2.75, 3.05) is 29.2 Å². The molecule has 294 valence electrons. The number of benzene rings is 4. The minimum atomic E-state index is -2.76. The molecule has 1 heterocycles. The Morgan fingerprint density at radius 3 is 1.98 bits per heavy atom. The van der Waals surface area contributed by atoms with E-state index in [4.69, 9.17) is 9.47 Å². The quantitative estimate of drug-likeness (QED) is 0.0665. The number of ketones is 1. The van der Waals surface area contributed by atoms with Crippen molar-refractivity contribution >= 4 is 46.6 Å². The molecule has 56 heavy (non-hydrogen) atoms. The Bertz CT molecular complexity index is 2080. The number of amides is 5. The molecule has 2 atom stereocenters. The van der Waals surface area contributed by atoms with Crippen LogP contribution in [0.25, 0.3) is 0 Å². The van der Waals surface area contributed by atoms with E-state index in [0.717, 1.165) is 25.5 Å². The van der Waals surface area contributed by atoms with Gasteiger partial charge in [0.15, 0.2) is 6.10 Å². The monoisotopic (exact) mass is 760 g/mol. The molecule has 0 aromatic heterocycles. The number of nitrogens with one attached hydrogen (secondary N) is 2. The van der Waals surface area contributed by atoms with Gasteiger partial charge >= 0.3 is 6.03 Å². The predicted molar refractivity (Wildman–Crippen MR) is 218 cm³/mol. The highest BCUT2D eigenvalue weighted by Gasteiger charge is 2.60. The molecule has 0 bridgehead atoms. The molecule has 2 N–H and O–H groups in total. The van der Waals surface area contributed by atoms with E-state index in [2.05, 4.69) is 64.3 Å². The lowest BCUT2D eigenvalue weighted by molar-refractivity contribution is -0.157. The Balaban J connectivity index is 1.47. The Kier molecular flexibility index (Phi) is 12.5. The van der Waals surface area contributed by atoms with E-state index < -0.39 is 47.9 Å². The summed E-state index contributed by atoms with van der Waals surface area (Å²) in [6.07, 6.45) is 1.28. The average molecular weight is 761 g/mol. The highest BCUT2D eigenvalue weighted by Crippen LogP contribution is 2.39. The smallest absolute Gasteiger partial charge is 0.334 e. The largest absolute Gasteiger partial charge is 0.480 e. The first-order valence-corrected chi connectivity index (χ1v) is 19.0. The number of urea groups is 1. The third-order valence-electron chi connectivity index (χ3n) is 10.9. The summed E-state index contributed by atoms with van der Waals surface area (Å²) in [5.74, 6) is -2.69. The van der Waals surface area contributed by atoms with Crippen molar-refractivity contribution in [1.82, 2.24) is 4.90 Å². The topological polar surface area (TPSA) is 134 Å². The van der Waals surface area contributed by atoms with Gasteiger partial charge in [0.2, 0.25) is 5.78 Å². The molecule has 0 radical (unpaired) electrons. The molecule has 1 aliphatic heterocycles. The van der Waals surface area contributed by atoms with Crippen molar-refractivity contribution in [3.63, 3.8) is 0 Å². The summed E-state index contributed by atoms with van der Waals surface area (Å²) in [6.45, 7) is 14.4. The molecule has 5 rings (SSSR count). The van der Waals surface area contributed by atoms with Gasteiger partial charge in [-0.05, 0) is 78.1 Å². The van der Waals surface area contributed by atoms with Crippen LogP contribution >= 0.6 is 0 Å². The third kappa shape index (κ3) is 8.23. The summed E-state index contributed by atoms with van der Waals surface area (Å²) in [7, 11) is 1.09. The first-order chi connectivity index (χ1) is 26.6. The van der Waals surface area contributed by atoms with E-state index in [-0.39, 0.29) is 22.1 Å². The maximum absolute atomic E-state index is 14.7. The fraction of sp³-hybridized carbons (Fsp3) is 0.356. The summed E-state index contributed by atoms with van der Waals surface area (Å²) in [6, 6.07) is 28.0. The fourth-order valence-corrected chi connectivity index (χ4v) is 6.55. The van der Waals surface area contributed by atoms with Gasteiger partial charge in [0.05, 0.1) is 0 Å². The highest BCUT2D eigenvalue weighted by molar-refractivity contribution is 6.27. The predicted octanol–water partition coefficient (Wildman–Crippen LogP) is 8.49. The van der Waals surface area contributed by atoms with Crippen LogP contribution in [-0.4, -0.2) is 59.9 Å². The molecule has 0 aliphatic carbocycles. The standard InChI is InChI=1S/C45H52N4O7/c1-9-36(56-37-26-25-31(43(4,5)10-2)28-35(37)44(6,7)11-3)40(52)46-33-22-18-19-30(27-33)39(51)45(55-8,41(53)47-32-20-14-12-15-21-32)49-38(50)29-48(42(49)54)34-23-16-13-17-24-34/h12-28,36H,9-11,29H2,1-8H3,(H,46,52)(H,47,53). The van der Waals surface area contributed by atoms with E-state index in [1.807, 2.05) is 13.0 Å². The van der Waals surface area contributed by atoms with Gasteiger partial charge in [0.1, 0.15) is 12.3 Å². The van der Waals surface area contributed by atoms with Gasteiger partial charge in [-0.25, -0.2) is 9.69 Å². The lowest BCUT2D eigenvalue weighted by Crippen LogP contribution is -2.65. The van der Waals surface area contributed by atoms with Gasteiger partial charge in [-0.2, -0.15) is 0 Å². The van der Waals surface area contributed by atoms with Crippen molar-refractivity contribution in [1.29, 1.82) is 0 Å². The number of ether oxygens (including phenoxy) is 2. The third-order valence-corrected chi connectivity index (χ3v) is 10.9. The second kappa shape index (κ2) is 16.9. The number of carbonyl (C=O) groups excluding carboxylic acids is 5. The molecule has 5 amide bonds. The summed E-state index contributed by atoms with van der Waals surface area (Å²) >= 11 is 0. The van der Waals surface area contributed by atoms with Crippen LogP contribution in [0.15, 0.2) is 103 Å². The van der Waals surface area contributed by atoms with Crippen molar-refractivity contribution < 1.29 is 33.4 Å². The molecule has 1 saturated heterocycles. The maximum Gasteiger partial charge on any atom is 0.334 e. The van der Waals surface area contributed by atoms with Gasteiger partial charge in [0.25, 0.3) is 23.4 Å². The number of hydrogen-bond acceptors (Lipinski definition) is 7. The Hall–Kier alpha value is -5.81. The average Bonchev–Trinajstić information content (AvgIpc) is 3.51. The van der Waals surface area contributed by atoms with Crippen LogP contribution in [0.3, 0.4) is 0 Å². The molecule has 0 saturated carbocycles. The number of para-hydroxylation sites is 2. The Morgan fingerprint density at radius 2 is 1.38 bits per heavy atom. The number of hydrogen-bond donors (Lipinski definition) is 2. The van der Waals surface area contributed by atoms with Crippen molar-refractivity contribution in [2.24, 2.45) is 0 Å². The van der Waals surface area contributed by atoms with Crippen LogP contribution in [-0.2, 0) is 30.0 Å². The van der Waals surface area contributed by atoms with Crippen LogP contribution in [0.4, 0.5) is 21.9 Å². The van der Waals surface area contributed by atoms with Crippen LogP contribution in [0, 0.1) is 0 Å². The van der Waals surface area contributed by atoms with Gasteiger partial charge in [-0.3, -0.25) is 24.1 Å². The summed E-state index contributed by atoms with van der Waals surface area (Å²) < 4.78 is 12.2. The molecule has 2 unspecified atom stereocenters. The summed E-state index contributed by atoms with van der Waals surface area (Å²) in [4.78, 5) is 72.3. The second-order valence-corrected chi connectivity index (χ2v) is 15.2. The molecule has 11 heteroatoms. The number of nitrogens with zero attached hydrogens (tertiary/aromatic N) is 2. The number of methoxy groups -OCH3 is 1. The molecular formula is C45H52N4O7. The fourth-order valence-electron chi connectivity index (χ4n) is 6.55. The van der Waals surface area contributed by atoms with Crippen molar-refractivity contribution in [2.45, 2.75) is 90.4 Å². The highest BCUT2D eigenvalue weighted by atomic mass is 16.5. The first-order valence-electron chi connectivity index (χ1n) is 19.0. The van der Waals surface area contributed by atoms with Crippen LogP contribution < -0.4 is 20.3 Å². The second-order valence-electron chi connectivity index (χ2n) is 15.2. The zero-order valence-corrected chi connectivity index (χ0v) is 33.5. The minimum absolute atomic E-state index is 0.0413. The molecule has 1 fully saturated rings. The SMILES string of the molecule is CCC(Oc1ccc(C(C)(C)CC)cc1C(C)(C)CC)C(=O)Nc1cccc(C(=O)C(OC)(C(=O)Nc2ccccc2)N2C(=O)CN(c3ccccc3)C2=O)c1. The summed E-state index contributed by atoms with van der Waals surface area (Å²) in [5, 5.41) is 5.51. The molecule has 4 aromatic carbocycles. The van der Waals surface area contributed by atoms with Gasteiger partial charge in [-0.15, -0.1) is 0 Å². The van der Waals surface area contributed by atoms with E-state index in [9.17, 15) is 24.0 Å². The van der Waals surface area contributed by atoms with E-state index in [1.54, 1.807) is 66.7 Å². The van der Waals surface area contributed by atoms with Gasteiger partial charge in [0, 0.05) is 35.3 Å². The maximum atomic E-state index is 14.7. The molecular weight excluding hydrogens is 709 g/mol. The number of Topliss-reactive ketones (excluding diaryl/α,β-unsaturated/α-hetero) is 1. The van der Waals surface area contributed by atoms with Crippen LogP contribution in [0.2, 0.25) is 0 Å². The number of rotatable bonds is 16. The number of carbonyl (C=O) groups is 5. The molecule has 0 spiro atoms. The summed E-state index contributed by atoms with van der Waals surface area (Å²) in [5.41, 5.74) is 0.0284. The lowest BCUT2D eigenvalue weighted by Gasteiger charge is -2.35. The van der Waals surface area contributed by atoms with Crippen LogP contribution in [0.5, 0.6) is 5.75 Å². The van der Waals surface area contributed by atoms with E-state index in [0.29, 0.717) is 28.4 Å². The Labute approximate surface area is 329 Å². The molecule has 4 aromatic rings. The Morgan fingerprint density at radius 1 is 0.750 bits per heavy atom. The van der Waals surface area contributed by atoms with Crippen LogP contribution in [0.1, 0.15) is 89.2 Å². The van der Waals surface area contributed by atoms with Gasteiger partial charge < -0.3 is 20.1 Å². The van der Waals surface area contributed by atoms with E-state index >= 15 is 0 Å². The normalized spacial score (nSPS) is 14.9. The minimum Gasteiger partial charge on any atom is -0.480 e. The van der Waals surface area contributed by atoms with Gasteiger partial charge in [-0.1, -0.05) is 109 Å². The van der Waals surface area contributed by atoms with Crippen molar-refractivity contribution in [3.8, 4) is 5.75 Å². The molecule has 1 aliphatic rings. The first kappa shape index (κ1) is 41.4. The zero-order chi connectivity index (χ0) is 40.8. The van der Waals surface area contributed by atoms with E-state index in [1.165, 1.54) is 28.7 Å². The van der Waals surface area contributed by atoms with Crippen molar-refractivity contribution in [3.05, 3.63) is 120 Å². The number of anilines is 3. The number of imide groups is 1.